The molecule has 0 saturated carbocycles. The van der Waals surface area contributed by atoms with Gasteiger partial charge in [0.2, 0.25) is 0 Å². The maximum Gasteiger partial charge on any atom is 0.254 e. The molecular formula is C18H25NO3S. The van der Waals surface area contributed by atoms with Crippen LogP contribution in [0.25, 0.3) is 0 Å². The Bertz CT molecular complexity index is 534. The van der Waals surface area contributed by atoms with E-state index in [2.05, 4.69) is 6.26 Å². The van der Waals surface area contributed by atoms with E-state index in [1.54, 1.807) is 11.8 Å². The molecule has 0 radical (unpaired) electrons. The van der Waals surface area contributed by atoms with Crippen LogP contribution in [0.1, 0.15) is 35.2 Å². The highest BCUT2D eigenvalue weighted by atomic mass is 32.2. The molecule has 23 heavy (non-hydrogen) atoms. The zero-order valence-electron chi connectivity index (χ0n) is 13.6. The van der Waals surface area contributed by atoms with E-state index in [0.29, 0.717) is 19.6 Å². The SMILES string of the molecule is CSCc1ccc(C(=O)N2CCC[C@@H]2[C@@H]2COCC[C@H]2O)cc1. The highest BCUT2D eigenvalue weighted by molar-refractivity contribution is 7.97. The number of carbonyl (C=O) groups is 1. The van der Waals surface area contributed by atoms with E-state index in [1.165, 1.54) is 5.56 Å². The zero-order chi connectivity index (χ0) is 16.2. The van der Waals surface area contributed by atoms with Crippen molar-refractivity contribution in [2.24, 2.45) is 5.92 Å². The Morgan fingerprint density at radius 1 is 1.35 bits per heavy atom. The van der Waals surface area contributed by atoms with E-state index >= 15 is 0 Å². The first-order valence-corrected chi connectivity index (χ1v) is 9.74. The van der Waals surface area contributed by atoms with Gasteiger partial charge >= 0.3 is 0 Å². The number of aliphatic hydroxyl groups excluding tert-OH is 1. The first-order valence-electron chi connectivity index (χ1n) is 8.35. The van der Waals surface area contributed by atoms with Crippen LogP contribution in [0, 0.1) is 5.92 Å². The van der Waals surface area contributed by atoms with Gasteiger partial charge < -0.3 is 14.7 Å². The third-order valence-corrected chi connectivity index (χ3v) is 5.55. The number of rotatable bonds is 4. The number of nitrogens with zero attached hydrogens (tertiary/aromatic N) is 1. The minimum Gasteiger partial charge on any atom is -0.393 e. The number of hydrogen-bond donors (Lipinski definition) is 1. The summed E-state index contributed by atoms with van der Waals surface area (Å²) in [6.07, 6.45) is 4.36. The summed E-state index contributed by atoms with van der Waals surface area (Å²) in [5.74, 6) is 1.10. The third-order valence-electron chi connectivity index (χ3n) is 4.93. The third kappa shape index (κ3) is 3.73. The van der Waals surface area contributed by atoms with Crippen LogP contribution < -0.4 is 0 Å². The maximum absolute atomic E-state index is 12.9. The molecule has 2 aliphatic heterocycles. The molecular weight excluding hydrogens is 310 g/mol. The van der Waals surface area contributed by atoms with Gasteiger partial charge in [-0.3, -0.25) is 4.79 Å². The second-order valence-corrected chi connectivity index (χ2v) is 7.30. The van der Waals surface area contributed by atoms with Gasteiger partial charge in [-0.05, 0) is 43.2 Å². The fourth-order valence-electron chi connectivity index (χ4n) is 3.68. The van der Waals surface area contributed by atoms with Crippen molar-refractivity contribution in [2.75, 3.05) is 26.0 Å². The van der Waals surface area contributed by atoms with Gasteiger partial charge in [0.1, 0.15) is 0 Å². The summed E-state index contributed by atoms with van der Waals surface area (Å²) in [6.45, 7) is 1.96. The topological polar surface area (TPSA) is 49.8 Å². The van der Waals surface area contributed by atoms with Crippen LogP contribution in [0.2, 0.25) is 0 Å². The monoisotopic (exact) mass is 335 g/mol. The minimum atomic E-state index is -0.355. The van der Waals surface area contributed by atoms with Crippen molar-refractivity contribution >= 4 is 17.7 Å². The summed E-state index contributed by atoms with van der Waals surface area (Å²) in [6, 6.07) is 8.03. The summed E-state index contributed by atoms with van der Waals surface area (Å²) in [5.41, 5.74) is 1.98. The lowest BCUT2D eigenvalue weighted by Gasteiger charge is -2.37. The number of thioether (sulfide) groups is 1. The van der Waals surface area contributed by atoms with Gasteiger partial charge in [0.15, 0.2) is 0 Å². The Morgan fingerprint density at radius 2 is 2.13 bits per heavy atom. The summed E-state index contributed by atoms with van der Waals surface area (Å²) in [7, 11) is 0. The highest BCUT2D eigenvalue weighted by Crippen LogP contribution is 2.31. The van der Waals surface area contributed by atoms with E-state index in [-0.39, 0.29) is 24.0 Å². The van der Waals surface area contributed by atoms with Crippen LogP contribution in [-0.4, -0.2) is 54.1 Å². The fraction of sp³-hybridized carbons (Fsp3) is 0.611. The molecule has 126 valence electrons. The predicted octanol–water partition coefficient (Wildman–Crippen LogP) is 2.55. The summed E-state index contributed by atoms with van der Waals surface area (Å²) >= 11 is 1.78. The van der Waals surface area contributed by atoms with E-state index in [4.69, 9.17) is 4.74 Å². The molecule has 2 aliphatic rings. The molecule has 0 spiro atoms. The fourth-order valence-corrected chi connectivity index (χ4v) is 4.21. The van der Waals surface area contributed by atoms with Gasteiger partial charge in [-0.1, -0.05) is 12.1 Å². The largest absolute Gasteiger partial charge is 0.393 e. The Morgan fingerprint density at radius 3 is 2.83 bits per heavy atom. The molecule has 3 atom stereocenters. The Labute approximate surface area is 142 Å². The van der Waals surface area contributed by atoms with Crippen molar-refractivity contribution in [3.05, 3.63) is 35.4 Å². The molecule has 1 aromatic rings. The first kappa shape index (κ1) is 16.8. The van der Waals surface area contributed by atoms with E-state index < -0.39 is 0 Å². The van der Waals surface area contributed by atoms with Crippen LogP contribution in [0.4, 0.5) is 0 Å². The van der Waals surface area contributed by atoms with Crippen molar-refractivity contribution in [2.45, 2.75) is 37.2 Å². The molecule has 2 fully saturated rings. The smallest absolute Gasteiger partial charge is 0.254 e. The number of aliphatic hydroxyl groups is 1. The average molecular weight is 335 g/mol. The lowest BCUT2D eigenvalue weighted by atomic mass is 9.89. The number of ether oxygens (including phenoxy) is 1. The van der Waals surface area contributed by atoms with E-state index in [1.807, 2.05) is 29.2 Å². The zero-order valence-corrected chi connectivity index (χ0v) is 14.4. The molecule has 1 aromatic carbocycles. The molecule has 5 heteroatoms. The number of likely N-dealkylation sites (tertiary alicyclic amines) is 1. The molecule has 0 bridgehead atoms. The Hall–Kier alpha value is -1.04. The van der Waals surface area contributed by atoms with Crippen LogP contribution in [-0.2, 0) is 10.5 Å². The highest BCUT2D eigenvalue weighted by Gasteiger charge is 2.39. The first-order chi connectivity index (χ1) is 11.2. The van der Waals surface area contributed by atoms with Crippen molar-refractivity contribution in [1.29, 1.82) is 0 Å². The Kier molecular flexibility index (Phi) is 5.62. The molecule has 1 amide bonds. The lowest BCUT2D eigenvalue weighted by molar-refractivity contribution is -0.0589. The van der Waals surface area contributed by atoms with Crippen LogP contribution in [0.3, 0.4) is 0 Å². The molecule has 1 N–H and O–H groups in total. The van der Waals surface area contributed by atoms with E-state index in [0.717, 1.165) is 30.7 Å². The molecule has 0 unspecified atom stereocenters. The number of hydrogen-bond acceptors (Lipinski definition) is 4. The second kappa shape index (κ2) is 7.69. The molecule has 3 rings (SSSR count). The van der Waals surface area contributed by atoms with Gasteiger partial charge in [-0.25, -0.2) is 0 Å². The Balaban J connectivity index is 1.72. The number of carbonyl (C=O) groups excluding carboxylic acids is 1. The van der Waals surface area contributed by atoms with Gasteiger partial charge in [0, 0.05) is 36.4 Å². The van der Waals surface area contributed by atoms with Gasteiger partial charge in [-0.2, -0.15) is 11.8 Å². The summed E-state index contributed by atoms with van der Waals surface area (Å²) < 4.78 is 5.54. The van der Waals surface area contributed by atoms with Crippen LogP contribution in [0.5, 0.6) is 0 Å². The second-order valence-electron chi connectivity index (χ2n) is 6.43. The average Bonchev–Trinajstić information content (AvgIpc) is 3.05. The maximum atomic E-state index is 12.9. The van der Waals surface area contributed by atoms with Gasteiger partial charge in [0.25, 0.3) is 5.91 Å². The standard InChI is InChI=1S/C18H25NO3S/c1-23-12-13-4-6-14(7-5-13)18(21)19-9-2-3-16(19)15-11-22-10-8-17(15)20/h4-7,15-17,20H,2-3,8-12H2,1H3/t15-,16+,17+/m0/s1. The predicted molar refractivity (Wildman–Crippen MR) is 92.7 cm³/mol. The number of amides is 1. The van der Waals surface area contributed by atoms with Gasteiger partial charge in [-0.15, -0.1) is 0 Å². The quantitative estimate of drug-likeness (QED) is 0.919. The van der Waals surface area contributed by atoms with E-state index in [9.17, 15) is 9.90 Å². The normalized spacial score (nSPS) is 28.1. The number of benzene rings is 1. The van der Waals surface area contributed by atoms with Crippen molar-refractivity contribution < 1.29 is 14.6 Å². The summed E-state index contributed by atoms with van der Waals surface area (Å²) in [4.78, 5) is 14.8. The van der Waals surface area contributed by atoms with Crippen LogP contribution >= 0.6 is 11.8 Å². The van der Waals surface area contributed by atoms with Crippen molar-refractivity contribution in [1.82, 2.24) is 4.90 Å². The van der Waals surface area contributed by atoms with Crippen molar-refractivity contribution in [3.8, 4) is 0 Å². The molecule has 0 aliphatic carbocycles. The summed E-state index contributed by atoms with van der Waals surface area (Å²) in [5, 5.41) is 10.3. The lowest BCUT2D eigenvalue weighted by Crippen LogP contribution is -2.48. The van der Waals surface area contributed by atoms with Crippen molar-refractivity contribution in [3.63, 3.8) is 0 Å². The molecule has 4 nitrogen and oxygen atoms in total. The minimum absolute atomic E-state index is 0.0472. The molecule has 2 saturated heterocycles. The molecule has 2 heterocycles. The van der Waals surface area contributed by atoms with Crippen LogP contribution in [0.15, 0.2) is 24.3 Å². The molecule has 0 aromatic heterocycles. The van der Waals surface area contributed by atoms with Gasteiger partial charge in [0.05, 0.1) is 12.7 Å².